The molecule has 11 heteroatoms. The number of azide groups is 1. The van der Waals surface area contributed by atoms with Crippen molar-refractivity contribution in [1.82, 2.24) is 0 Å². The van der Waals surface area contributed by atoms with Crippen molar-refractivity contribution in [1.29, 1.82) is 15.8 Å². The second kappa shape index (κ2) is 7.77. The molecule has 0 saturated heterocycles. The number of nitrogens with zero attached hydrogens (tertiary/aromatic N) is 6. The summed E-state index contributed by atoms with van der Waals surface area (Å²) in [5.41, 5.74) is 3.63. The van der Waals surface area contributed by atoms with Crippen LogP contribution in [0, 0.1) is 57.3 Å². The Morgan fingerprint density at radius 2 is 1.59 bits per heavy atom. The van der Waals surface area contributed by atoms with Crippen LogP contribution in [0.2, 0.25) is 0 Å². The first-order valence-electron chi connectivity index (χ1n) is 7.62. The number of nitriles is 3. The summed E-state index contributed by atoms with van der Waals surface area (Å²) in [5, 5.41) is 29.9. The molecule has 1 aliphatic heterocycles. The van der Waals surface area contributed by atoms with Crippen LogP contribution in [0.25, 0.3) is 16.5 Å². The van der Waals surface area contributed by atoms with Gasteiger partial charge in [-0.15, -0.1) is 0 Å². The maximum Gasteiger partial charge on any atom is 0.172 e. The highest BCUT2D eigenvalue weighted by Crippen LogP contribution is 2.41. The lowest BCUT2D eigenvalue weighted by Gasteiger charge is -2.20. The summed E-state index contributed by atoms with van der Waals surface area (Å²) in [4.78, 5) is 2.11. The minimum Gasteiger partial charge on any atom is -0.480 e. The molecule has 0 fully saturated rings. The van der Waals surface area contributed by atoms with Crippen LogP contribution in [0.1, 0.15) is 19.4 Å². The highest BCUT2D eigenvalue weighted by molar-refractivity contribution is 5.65. The number of ether oxygens (including phenoxy) is 1. The zero-order chi connectivity index (χ0) is 21.9. The summed E-state index contributed by atoms with van der Waals surface area (Å²) in [6.07, 6.45) is 1.64. The van der Waals surface area contributed by atoms with Crippen molar-refractivity contribution in [2.24, 2.45) is 5.11 Å². The first-order valence-corrected chi connectivity index (χ1v) is 7.62. The summed E-state index contributed by atoms with van der Waals surface area (Å²) in [6, 6.07) is 4.87. The van der Waals surface area contributed by atoms with Crippen LogP contribution >= 0.6 is 0 Å². The number of hydrogen-bond acceptors (Lipinski definition) is 5. The Kier molecular flexibility index (Phi) is 5.64. The second-order valence-electron chi connectivity index (χ2n) is 5.98. The summed E-state index contributed by atoms with van der Waals surface area (Å²) in [6.45, 7) is 2.89. The molecule has 1 aliphatic rings. The average molecular weight is 400 g/mol. The van der Waals surface area contributed by atoms with Crippen LogP contribution in [-0.4, -0.2) is 5.60 Å². The van der Waals surface area contributed by atoms with E-state index in [0.29, 0.717) is 6.08 Å². The predicted molar refractivity (Wildman–Crippen MR) is 90.2 cm³/mol. The third kappa shape index (κ3) is 3.49. The van der Waals surface area contributed by atoms with E-state index < -0.39 is 45.7 Å². The van der Waals surface area contributed by atoms with Gasteiger partial charge < -0.3 is 4.74 Å². The maximum atomic E-state index is 14.2. The molecule has 144 valence electrons. The van der Waals surface area contributed by atoms with Gasteiger partial charge in [-0.25, -0.2) is 17.6 Å². The quantitative estimate of drug-likeness (QED) is 0.174. The van der Waals surface area contributed by atoms with Gasteiger partial charge in [-0.05, 0) is 25.5 Å². The lowest BCUT2D eigenvalue weighted by atomic mass is 9.94. The second-order valence-corrected chi connectivity index (χ2v) is 5.98. The van der Waals surface area contributed by atoms with Gasteiger partial charge in [0.15, 0.2) is 34.6 Å². The van der Waals surface area contributed by atoms with Crippen molar-refractivity contribution >= 4 is 11.8 Å². The van der Waals surface area contributed by atoms with E-state index in [1.807, 2.05) is 0 Å². The summed E-state index contributed by atoms with van der Waals surface area (Å²) in [5.74, 6) is -7.74. The maximum absolute atomic E-state index is 14.2. The average Bonchev–Trinajstić information content (AvgIpc) is 2.94. The van der Waals surface area contributed by atoms with Crippen LogP contribution in [0.4, 0.5) is 23.2 Å². The molecule has 0 unspecified atom stereocenters. The fraction of sp³-hybridized carbons (Fsp3) is 0.167. The third-order valence-corrected chi connectivity index (χ3v) is 3.90. The Balaban J connectivity index is 2.74. The molecular formula is C18H8F4N6O. The number of rotatable bonds is 3. The van der Waals surface area contributed by atoms with Crippen molar-refractivity contribution in [2.75, 3.05) is 0 Å². The molecule has 1 heterocycles. The Hall–Kier alpha value is -4.26. The van der Waals surface area contributed by atoms with Crippen molar-refractivity contribution < 1.29 is 22.3 Å². The first-order chi connectivity index (χ1) is 13.6. The highest BCUT2D eigenvalue weighted by Gasteiger charge is 2.38. The van der Waals surface area contributed by atoms with Gasteiger partial charge in [-0.3, -0.25) is 0 Å². The van der Waals surface area contributed by atoms with Gasteiger partial charge in [0.2, 0.25) is 0 Å². The smallest absolute Gasteiger partial charge is 0.172 e. The molecule has 1 aromatic rings. The minimum atomic E-state index is -1.89. The summed E-state index contributed by atoms with van der Waals surface area (Å²) < 4.78 is 61.6. The van der Waals surface area contributed by atoms with Crippen LogP contribution in [0.5, 0.6) is 0 Å². The zero-order valence-corrected chi connectivity index (χ0v) is 14.8. The molecule has 1 aromatic carbocycles. The van der Waals surface area contributed by atoms with Crippen LogP contribution < -0.4 is 0 Å². The van der Waals surface area contributed by atoms with E-state index in [-0.39, 0.29) is 16.9 Å². The van der Waals surface area contributed by atoms with Gasteiger partial charge in [-0.2, -0.15) is 15.8 Å². The zero-order valence-electron chi connectivity index (χ0n) is 14.8. The van der Waals surface area contributed by atoms with Crippen molar-refractivity contribution in [3.8, 4) is 18.2 Å². The van der Waals surface area contributed by atoms with E-state index in [1.165, 1.54) is 13.8 Å². The molecule has 0 radical (unpaired) electrons. The topological polar surface area (TPSA) is 129 Å². The van der Waals surface area contributed by atoms with Gasteiger partial charge in [0.1, 0.15) is 35.1 Å². The van der Waals surface area contributed by atoms with Gasteiger partial charge in [0.25, 0.3) is 0 Å². The molecule has 0 N–H and O–H groups in total. The van der Waals surface area contributed by atoms with E-state index in [2.05, 4.69) is 10.0 Å². The summed E-state index contributed by atoms with van der Waals surface area (Å²) in [7, 11) is 0. The number of benzene rings is 1. The van der Waals surface area contributed by atoms with Crippen LogP contribution in [-0.2, 0) is 4.74 Å². The van der Waals surface area contributed by atoms with Gasteiger partial charge >= 0.3 is 0 Å². The predicted octanol–water partition coefficient (Wildman–Crippen LogP) is 5.13. The molecule has 0 spiro atoms. The Labute approximate surface area is 161 Å². The fourth-order valence-corrected chi connectivity index (χ4v) is 2.56. The highest BCUT2D eigenvalue weighted by atomic mass is 19.2. The van der Waals surface area contributed by atoms with Crippen molar-refractivity contribution in [2.45, 2.75) is 19.4 Å². The standard InChI is InChI=1S/C18H8F4N6O/c1-18(2)11(10(7-25)17(29-18)8(5-23)6-24)4-3-9-12(19)14(21)16(27-28-26)15(22)13(9)20/h3-4H,1-2H3/b4-3+. The fourth-order valence-electron chi connectivity index (χ4n) is 2.56. The molecule has 0 bridgehead atoms. The van der Waals surface area contributed by atoms with Gasteiger partial charge in [0, 0.05) is 10.5 Å². The lowest BCUT2D eigenvalue weighted by molar-refractivity contribution is 0.0954. The number of allylic oxidation sites excluding steroid dienone is 2. The number of hydrogen-bond donors (Lipinski definition) is 0. The molecule has 0 aliphatic carbocycles. The molecule has 0 atom stereocenters. The lowest BCUT2D eigenvalue weighted by Crippen LogP contribution is -2.20. The molecular weight excluding hydrogens is 392 g/mol. The Morgan fingerprint density at radius 3 is 2.03 bits per heavy atom. The van der Waals surface area contributed by atoms with Crippen LogP contribution in [0.15, 0.2) is 33.7 Å². The molecule has 7 nitrogen and oxygen atoms in total. The SMILES string of the molecule is CC1(C)OC(=C(C#N)C#N)C(C#N)=C1/C=C/c1c(F)c(F)c(N=[N+]=[N-])c(F)c1F. The molecule has 2 rings (SSSR count). The monoisotopic (exact) mass is 400 g/mol. The third-order valence-electron chi connectivity index (χ3n) is 3.90. The molecule has 29 heavy (non-hydrogen) atoms. The van der Waals surface area contributed by atoms with Crippen LogP contribution in [0.3, 0.4) is 0 Å². The largest absolute Gasteiger partial charge is 0.480 e. The Bertz CT molecular complexity index is 1140. The first kappa shape index (κ1) is 21.0. The van der Waals surface area contributed by atoms with Crippen molar-refractivity contribution in [3.05, 3.63) is 67.8 Å². The normalized spacial score (nSPS) is 14.7. The van der Waals surface area contributed by atoms with Crippen molar-refractivity contribution in [3.63, 3.8) is 0 Å². The van der Waals surface area contributed by atoms with E-state index >= 15 is 0 Å². The van der Waals surface area contributed by atoms with E-state index in [0.717, 1.165) is 6.08 Å². The summed E-state index contributed by atoms with van der Waals surface area (Å²) >= 11 is 0. The molecule has 0 aromatic heterocycles. The van der Waals surface area contributed by atoms with E-state index in [9.17, 15) is 22.8 Å². The number of halogens is 4. The van der Waals surface area contributed by atoms with Gasteiger partial charge in [0.05, 0.1) is 5.56 Å². The van der Waals surface area contributed by atoms with E-state index in [4.69, 9.17) is 20.8 Å². The molecule has 0 amide bonds. The minimum absolute atomic E-state index is 0.0109. The molecule has 0 saturated carbocycles. The Morgan fingerprint density at radius 1 is 1.03 bits per heavy atom. The van der Waals surface area contributed by atoms with Gasteiger partial charge in [-0.1, -0.05) is 11.2 Å². The van der Waals surface area contributed by atoms with E-state index in [1.54, 1.807) is 18.2 Å².